The highest BCUT2D eigenvalue weighted by atomic mass is 16.5. The first-order valence-corrected chi connectivity index (χ1v) is 8.09. The predicted molar refractivity (Wildman–Crippen MR) is 97.4 cm³/mol. The lowest BCUT2D eigenvalue weighted by molar-refractivity contribution is 0.0692. The fraction of sp³-hybridized carbons (Fsp3) is 0.350. The normalized spacial score (nSPS) is 13.0. The highest BCUT2D eigenvalue weighted by molar-refractivity contribution is 5.92. The van der Waals surface area contributed by atoms with E-state index in [1.54, 1.807) is 18.2 Å². The van der Waals surface area contributed by atoms with Crippen LogP contribution in [0.2, 0.25) is 0 Å². The lowest BCUT2D eigenvalue weighted by Crippen LogP contribution is -2.03. The number of hydrogen-bond acceptors (Lipinski definition) is 3. The number of allylic oxidation sites excluding steroid dienone is 6. The zero-order valence-electron chi connectivity index (χ0n) is 15.1. The molecule has 0 saturated heterocycles. The first-order valence-electron chi connectivity index (χ1n) is 8.09. The Kier molecular flexibility index (Phi) is 7.83. The van der Waals surface area contributed by atoms with Gasteiger partial charge in [0.05, 0.1) is 19.0 Å². The third-order valence-electron chi connectivity index (χ3n) is 3.48. The van der Waals surface area contributed by atoms with Crippen LogP contribution in [0.5, 0.6) is 5.75 Å². The third kappa shape index (κ3) is 5.30. The van der Waals surface area contributed by atoms with Gasteiger partial charge in [0.15, 0.2) is 0 Å². The molecule has 0 unspecified atom stereocenters. The van der Waals surface area contributed by atoms with E-state index in [9.17, 15) is 9.90 Å². The van der Waals surface area contributed by atoms with E-state index in [0.717, 1.165) is 22.5 Å². The van der Waals surface area contributed by atoms with E-state index in [2.05, 4.69) is 0 Å². The van der Waals surface area contributed by atoms with Gasteiger partial charge in [-0.25, -0.2) is 4.79 Å². The summed E-state index contributed by atoms with van der Waals surface area (Å²) in [5, 5.41) is 9.27. The van der Waals surface area contributed by atoms with Gasteiger partial charge in [-0.15, -0.1) is 0 Å². The maximum absolute atomic E-state index is 11.3. The van der Waals surface area contributed by atoms with E-state index in [1.807, 2.05) is 52.8 Å². The molecule has 4 heteroatoms. The summed E-state index contributed by atoms with van der Waals surface area (Å²) in [6, 6.07) is 5.14. The summed E-state index contributed by atoms with van der Waals surface area (Å²) < 4.78 is 11.0. The second-order valence-corrected chi connectivity index (χ2v) is 5.22. The molecule has 1 N–H and O–H groups in total. The third-order valence-corrected chi connectivity index (χ3v) is 3.48. The quantitative estimate of drug-likeness (QED) is 0.534. The molecule has 130 valence electrons. The van der Waals surface area contributed by atoms with Gasteiger partial charge in [0.2, 0.25) is 0 Å². The highest BCUT2D eigenvalue weighted by Gasteiger charge is 2.13. The minimum Gasteiger partial charge on any atom is -0.498 e. The van der Waals surface area contributed by atoms with Crippen LogP contribution in [0.1, 0.15) is 50.5 Å². The number of hydrogen-bond donors (Lipinski definition) is 1. The van der Waals surface area contributed by atoms with E-state index in [-0.39, 0.29) is 5.56 Å². The van der Waals surface area contributed by atoms with Crippen molar-refractivity contribution in [2.45, 2.75) is 34.6 Å². The molecule has 1 aromatic rings. The lowest BCUT2D eigenvalue weighted by atomic mass is 10.00. The topological polar surface area (TPSA) is 55.8 Å². The van der Waals surface area contributed by atoms with Crippen LogP contribution in [0.4, 0.5) is 0 Å². The van der Waals surface area contributed by atoms with Gasteiger partial charge >= 0.3 is 5.97 Å². The summed E-state index contributed by atoms with van der Waals surface area (Å²) in [6.07, 6.45) is 5.95. The Morgan fingerprint density at radius 1 is 1.21 bits per heavy atom. The molecule has 0 spiro atoms. The fourth-order valence-electron chi connectivity index (χ4n) is 2.23. The molecule has 0 heterocycles. The zero-order valence-corrected chi connectivity index (χ0v) is 15.1. The molecule has 0 amide bonds. The summed E-state index contributed by atoms with van der Waals surface area (Å²) in [6.45, 7) is 10.7. The smallest absolute Gasteiger partial charge is 0.339 e. The molecule has 0 aromatic heterocycles. The second-order valence-electron chi connectivity index (χ2n) is 5.22. The Hall–Kier alpha value is -2.49. The molecular weight excluding hydrogens is 304 g/mol. The van der Waals surface area contributed by atoms with E-state index in [0.29, 0.717) is 19.0 Å². The Bertz CT molecular complexity index is 666. The molecule has 0 saturated carbocycles. The Morgan fingerprint density at radius 3 is 2.46 bits per heavy atom. The summed E-state index contributed by atoms with van der Waals surface area (Å²) in [5.41, 5.74) is 3.04. The molecule has 0 radical (unpaired) electrons. The van der Waals surface area contributed by atoms with Crippen LogP contribution in [0.3, 0.4) is 0 Å². The van der Waals surface area contributed by atoms with Crippen LogP contribution in [-0.2, 0) is 4.74 Å². The standard InChI is InChI=1S/C20H26O4/c1-6-9-16(12-14(4)15(5)23-7-2)17-10-11-18(20(21)22)19(13-17)24-8-3/h6,9-13H,7-8H2,1-5H3,(H,21,22)/b9-6+,15-14+,16-12+. The predicted octanol–water partition coefficient (Wildman–Crippen LogP) is 5.07. The molecule has 0 fully saturated rings. The first-order chi connectivity index (χ1) is 11.4. The summed E-state index contributed by atoms with van der Waals surface area (Å²) >= 11 is 0. The van der Waals surface area contributed by atoms with Crippen molar-refractivity contribution >= 4 is 11.5 Å². The monoisotopic (exact) mass is 330 g/mol. The van der Waals surface area contributed by atoms with Gasteiger partial charge in [-0.2, -0.15) is 0 Å². The molecule has 4 nitrogen and oxygen atoms in total. The Morgan fingerprint density at radius 2 is 1.92 bits per heavy atom. The minimum absolute atomic E-state index is 0.165. The van der Waals surface area contributed by atoms with Crippen LogP contribution in [-0.4, -0.2) is 24.3 Å². The van der Waals surface area contributed by atoms with Crippen LogP contribution in [0.25, 0.3) is 5.57 Å². The van der Waals surface area contributed by atoms with Crippen LogP contribution >= 0.6 is 0 Å². The van der Waals surface area contributed by atoms with Crippen molar-refractivity contribution in [2.24, 2.45) is 0 Å². The van der Waals surface area contributed by atoms with Crippen molar-refractivity contribution in [1.82, 2.24) is 0 Å². The highest BCUT2D eigenvalue weighted by Crippen LogP contribution is 2.27. The SMILES string of the molecule is C/C=C/C(=C\C(C)=C(/C)OCC)c1ccc(C(=O)O)c(OCC)c1. The largest absolute Gasteiger partial charge is 0.498 e. The lowest BCUT2D eigenvalue weighted by Gasteiger charge is -2.11. The van der Waals surface area contributed by atoms with E-state index in [1.165, 1.54) is 0 Å². The van der Waals surface area contributed by atoms with Gasteiger partial charge in [0, 0.05) is 0 Å². The van der Waals surface area contributed by atoms with Crippen molar-refractivity contribution in [1.29, 1.82) is 0 Å². The molecule has 0 bridgehead atoms. The molecule has 0 aliphatic heterocycles. The molecule has 24 heavy (non-hydrogen) atoms. The van der Waals surface area contributed by atoms with Crippen molar-refractivity contribution in [3.63, 3.8) is 0 Å². The number of benzene rings is 1. The molecule has 0 aliphatic carbocycles. The number of aromatic carboxylic acids is 1. The maximum atomic E-state index is 11.3. The maximum Gasteiger partial charge on any atom is 0.339 e. The van der Waals surface area contributed by atoms with E-state index >= 15 is 0 Å². The van der Waals surface area contributed by atoms with Gasteiger partial charge < -0.3 is 14.6 Å². The first kappa shape index (κ1) is 19.6. The van der Waals surface area contributed by atoms with Crippen LogP contribution in [0.15, 0.2) is 47.8 Å². The molecular formula is C20H26O4. The van der Waals surface area contributed by atoms with Gasteiger partial charge in [-0.3, -0.25) is 0 Å². The van der Waals surface area contributed by atoms with E-state index in [4.69, 9.17) is 9.47 Å². The summed E-state index contributed by atoms with van der Waals surface area (Å²) in [5.74, 6) is 0.248. The van der Waals surface area contributed by atoms with Crippen molar-refractivity contribution in [3.05, 3.63) is 58.9 Å². The molecule has 0 atom stereocenters. The average molecular weight is 330 g/mol. The van der Waals surface area contributed by atoms with Crippen molar-refractivity contribution in [3.8, 4) is 5.75 Å². The number of carboxylic acid groups (broad SMARTS) is 1. The Labute approximate surface area is 144 Å². The second kappa shape index (κ2) is 9.60. The van der Waals surface area contributed by atoms with Gasteiger partial charge in [-0.1, -0.05) is 18.2 Å². The van der Waals surface area contributed by atoms with Crippen LogP contribution in [0, 0.1) is 0 Å². The number of ether oxygens (including phenoxy) is 2. The van der Waals surface area contributed by atoms with Crippen molar-refractivity contribution < 1.29 is 19.4 Å². The molecule has 0 aliphatic rings. The number of carbonyl (C=O) groups is 1. The van der Waals surface area contributed by atoms with Gasteiger partial charge in [0.1, 0.15) is 11.3 Å². The van der Waals surface area contributed by atoms with Gasteiger partial charge in [-0.05, 0) is 69.5 Å². The van der Waals surface area contributed by atoms with Crippen LogP contribution < -0.4 is 4.74 Å². The summed E-state index contributed by atoms with van der Waals surface area (Å²) in [4.78, 5) is 11.3. The number of rotatable bonds is 8. The van der Waals surface area contributed by atoms with E-state index < -0.39 is 5.97 Å². The van der Waals surface area contributed by atoms with Crippen molar-refractivity contribution in [2.75, 3.05) is 13.2 Å². The average Bonchev–Trinajstić information content (AvgIpc) is 2.54. The minimum atomic E-state index is -0.996. The molecule has 1 aromatic carbocycles. The Balaban J connectivity index is 3.38. The fourth-order valence-corrected chi connectivity index (χ4v) is 2.23. The number of carboxylic acids is 1. The summed E-state index contributed by atoms with van der Waals surface area (Å²) in [7, 11) is 0. The van der Waals surface area contributed by atoms with Gasteiger partial charge in [0.25, 0.3) is 0 Å². The molecule has 1 rings (SSSR count). The zero-order chi connectivity index (χ0) is 18.1.